The molecule has 2 fully saturated rings. The summed E-state index contributed by atoms with van der Waals surface area (Å²) in [4.78, 5) is 0. The molecule has 31 heavy (non-hydrogen) atoms. The Kier molecular flexibility index (Phi) is 6.41. The minimum Gasteiger partial charge on any atom is -0.206 e. The third-order valence-corrected chi connectivity index (χ3v) is 7.46. The Hall–Kier alpha value is -1.91. The third kappa shape index (κ3) is 4.80. The summed E-state index contributed by atoms with van der Waals surface area (Å²) in [6.45, 7) is 2.26. The molecule has 0 heterocycles. The van der Waals surface area contributed by atoms with E-state index in [-0.39, 0.29) is 5.56 Å². The van der Waals surface area contributed by atoms with Gasteiger partial charge in [0.25, 0.3) is 0 Å². The van der Waals surface area contributed by atoms with Crippen LogP contribution in [0.5, 0.6) is 0 Å². The average molecular weight is 437 g/mol. The van der Waals surface area contributed by atoms with Gasteiger partial charge in [0.1, 0.15) is 17.2 Å². The number of rotatable bonds is 4. The van der Waals surface area contributed by atoms with E-state index in [0.717, 1.165) is 36.3 Å². The van der Waals surface area contributed by atoms with E-state index in [2.05, 4.69) is 6.92 Å². The number of fused-ring (bicyclic) bond motifs is 1. The van der Waals surface area contributed by atoms with Crippen LogP contribution in [0.15, 0.2) is 36.4 Å². The van der Waals surface area contributed by atoms with Crippen LogP contribution in [-0.2, 0) is 6.18 Å². The molecule has 2 saturated carbocycles. The molecule has 0 spiro atoms. The maximum Gasteiger partial charge on any atom is 0.422 e. The van der Waals surface area contributed by atoms with E-state index in [0.29, 0.717) is 11.5 Å². The maximum absolute atomic E-state index is 13.9. The van der Waals surface area contributed by atoms with Crippen molar-refractivity contribution in [1.82, 2.24) is 0 Å². The molecule has 4 unspecified atom stereocenters. The Morgan fingerprint density at radius 2 is 1.42 bits per heavy atom. The monoisotopic (exact) mass is 436 g/mol. The summed E-state index contributed by atoms with van der Waals surface area (Å²) in [5.74, 6) is -0.151. The number of hydrogen-bond donors (Lipinski definition) is 0. The van der Waals surface area contributed by atoms with Crippen molar-refractivity contribution in [1.29, 1.82) is 0 Å². The largest absolute Gasteiger partial charge is 0.422 e. The summed E-state index contributed by atoms with van der Waals surface area (Å²) in [7, 11) is 0. The lowest BCUT2D eigenvalue weighted by atomic mass is 9.63. The summed E-state index contributed by atoms with van der Waals surface area (Å²) in [5.41, 5.74) is 0.0144. The molecule has 0 amide bonds. The summed E-state index contributed by atoms with van der Waals surface area (Å²) >= 11 is 0. The summed E-state index contributed by atoms with van der Waals surface area (Å²) in [6.07, 6.45) is 5.19. The van der Waals surface area contributed by atoms with Gasteiger partial charge in [-0.2, -0.15) is 13.2 Å². The van der Waals surface area contributed by atoms with Crippen LogP contribution in [0.4, 0.5) is 22.0 Å². The zero-order chi connectivity index (χ0) is 22.2. The fourth-order valence-electron chi connectivity index (χ4n) is 5.92. The van der Waals surface area contributed by atoms with Gasteiger partial charge in [0.05, 0.1) is 0 Å². The lowest BCUT2D eigenvalue weighted by Crippen LogP contribution is -2.30. The van der Waals surface area contributed by atoms with Gasteiger partial charge in [0.2, 0.25) is 0 Å². The average Bonchev–Trinajstić information content (AvgIpc) is 2.72. The molecular weight excluding hydrogens is 407 g/mol. The minimum absolute atomic E-state index is 0.118. The van der Waals surface area contributed by atoms with E-state index in [9.17, 15) is 22.0 Å². The van der Waals surface area contributed by atoms with Crippen LogP contribution in [0.25, 0.3) is 11.1 Å². The Bertz CT molecular complexity index is 876. The van der Waals surface area contributed by atoms with Crippen molar-refractivity contribution in [2.75, 3.05) is 0 Å². The van der Waals surface area contributed by atoms with Gasteiger partial charge in [-0.15, -0.1) is 0 Å². The van der Waals surface area contributed by atoms with Gasteiger partial charge >= 0.3 is 6.18 Å². The molecule has 2 aliphatic rings. The van der Waals surface area contributed by atoms with E-state index in [4.69, 9.17) is 0 Å². The molecule has 168 valence electrons. The Labute approximate surface area is 180 Å². The molecule has 0 aliphatic heterocycles. The van der Waals surface area contributed by atoms with E-state index in [1.54, 1.807) is 12.1 Å². The first-order chi connectivity index (χ1) is 14.8. The lowest BCUT2D eigenvalue weighted by Gasteiger charge is -2.42. The van der Waals surface area contributed by atoms with Crippen LogP contribution in [0, 0.1) is 29.4 Å². The predicted molar refractivity (Wildman–Crippen MR) is 113 cm³/mol. The second kappa shape index (κ2) is 8.91. The number of alkyl halides is 3. The van der Waals surface area contributed by atoms with Crippen molar-refractivity contribution in [2.24, 2.45) is 17.8 Å². The van der Waals surface area contributed by atoms with Gasteiger partial charge < -0.3 is 0 Å². The highest BCUT2D eigenvalue weighted by atomic mass is 19.4. The first-order valence-corrected chi connectivity index (χ1v) is 11.4. The summed E-state index contributed by atoms with van der Waals surface area (Å²) < 4.78 is 66.3. The van der Waals surface area contributed by atoms with Gasteiger partial charge in [-0.25, -0.2) is 8.78 Å². The molecule has 5 heteroatoms. The van der Waals surface area contributed by atoms with Crippen molar-refractivity contribution in [3.05, 3.63) is 59.2 Å². The van der Waals surface area contributed by atoms with Gasteiger partial charge in [-0.05, 0) is 84.6 Å². The van der Waals surface area contributed by atoms with Gasteiger partial charge in [-0.1, -0.05) is 50.5 Å². The molecule has 4 atom stereocenters. The fourth-order valence-corrected chi connectivity index (χ4v) is 5.92. The molecule has 0 radical (unpaired) electrons. The lowest BCUT2D eigenvalue weighted by molar-refractivity contribution is -0.142. The smallest absolute Gasteiger partial charge is 0.206 e. The molecule has 0 bridgehead atoms. The van der Waals surface area contributed by atoms with Crippen molar-refractivity contribution in [3.8, 4) is 11.1 Å². The first kappa shape index (κ1) is 22.3. The molecule has 2 aromatic carbocycles. The van der Waals surface area contributed by atoms with Gasteiger partial charge in [0, 0.05) is 0 Å². The molecule has 0 nitrogen and oxygen atoms in total. The zero-order valence-electron chi connectivity index (χ0n) is 17.8. The summed E-state index contributed by atoms with van der Waals surface area (Å²) in [5, 5.41) is 0. The molecule has 0 aromatic heterocycles. The molecular formula is C26H29F5. The van der Waals surface area contributed by atoms with Crippen molar-refractivity contribution in [3.63, 3.8) is 0 Å². The maximum atomic E-state index is 13.9. The van der Waals surface area contributed by atoms with E-state index >= 15 is 0 Å². The highest BCUT2D eigenvalue weighted by molar-refractivity contribution is 5.64. The Morgan fingerprint density at radius 1 is 0.806 bits per heavy atom. The van der Waals surface area contributed by atoms with Crippen LogP contribution in [0.2, 0.25) is 0 Å². The molecule has 2 aliphatic carbocycles. The van der Waals surface area contributed by atoms with Crippen molar-refractivity contribution in [2.45, 2.75) is 70.4 Å². The minimum atomic E-state index is -5.05. The molecule has 0 saturated heterocycles. The number of benzene rings is 2. The topological polar surface area (TPSA) is 0 Å². The van der Waals surface area contributed by atoms with E-state index < -0.39 is 23.4 Å². The SMILES string of the molecule is CCCC1CCC2CC(c3ccc(-c4cc(F)c(C(F)(F)F)c(F)c4)cc3)CCC2C1. The highest BCUT2D eigenvalue weighted by Crippen LogP contribution is 2.48. The van der Waals surface area contributed by atoms with Gasteiger partial charge in [-0.3, -0.25) is 0 Å². The highest BCUT2D eigenvalue weighted by Gasteiger charge is 2.38. The number of hydrogen-bond acceptors (Lipinski definition) is 0. The van der Waals surface area contributed by atoms with Crippen LogP contribution in [-0.4, -0.2) is 0 Å². The van der Waals surface area contributed by atoms with E-state index in [1.165, 1.54) is 50.5 Å². The molecule has 2 aromatic rings. The van der Waals surface area contributed by atoms with Crippen LogP contribution in [0.1, 0.15) is 75.3 Å². The Morgan fingerprint density at radius 3 is 2.03 bits per heavy atom. The third-order valence-electron chi connectivity index (χ3n) is 7.46. The van der Waals surface area contributed by atoms with Crippen LogP contribution in [0.3, 0.4) is 0 Å². The van der Waals surface area contributed by atoms with Gasteiger partial charge in [0.15, 0.2) is 0 Å². The Balaban J connectivity index is 1.46. The predicted octanol–water partition coefficient (Wildman–Crippen LogP) is 8.75. The first-order valence-electron chi connectivity index (χ1n) is 11.4. The van der Waals surface area contributed by atoms with Crippen molar-refractivity contribution < 1.29 is 22.0 Å². The summed E-state index contributed by atoms with van der Waals surface area (Å²) in [6, 6.07) is 9.00. The van der Waals surface area contributed by atoms with E-state index in [1.807, 2.05) is 12.1 Å². The molecule has 0 N–H and O–H groups in total. The second-order valence-corrected chi connectivity index (χ2v) is 9.43. The molecule has 4 rings (SSSR count). The second-order valence-electron chi connectivity index (χ2n) is 9.43. The fraction of sp³-hybridized carbons (Fsp3) is 0.538. The van der Waals surface area contributed by atoms with Crippen LogP contribution >= 0.6 is 0 Å². The quantitative estimate of drug-likeness (QED) is 0.420. The van der Waals surface area contributed by atoms with Crippen molar-refractivity contribution >= 4 is 0 Å². The van der Waals surface area contributed by atoms with Crippen LogP contribution < -0.4 is 0 Å². The number of halogens is 5. The normalized spacial score (nSPS) is 26.5. The zero-order valence-corrected chi connectivity index (χ0v) is 17.8. The standard InChI is InChI=1S/C26H29F5/c1-2-3-16-4-5-21-13-20(11-10-19(21)12-16)17-6-8-18(9-7-17)22-14-23(27)25(24(28)15-22)26(29,30)31/h6-9,14-16,19-21H,2-5,10-13H2,1H3.